The smallest absolute Gasteiger partial charge is 0.173 e. The zero-order chi connectivity index (χ0) is 16.1. The fraction of sp³-hybridized carbons (Fsp3) is 0.706. The zero-order valence-corrected chi connectivity index (χ0v) is 14.5. The quantitative estimate of drug-likeness (QED) is 0.830. The molecule has 2 rings (SSSR count). The van der Waals surface area contributed by atoms with Gasteiger partial charge in [-0.2, -0.15) is 5.26 Å². The van der Waals surface area contributed by atoms with Gasteiger partial charge in [-0.1, -0.05) is 26.7 Å². The van der Waals surface area contributed by atoms with Gasteiger partial charge in [0.25, 0.3) is 0 Å². The molecule has 5 heteroatoms. The number of carbonyl (C=O) groups excluding carboxylic acids is 1. The number of likely N-dealkylation sites (tertiary alicyclic amines) is 1. The van der Waals surface area contributed by atoms with Gasteiger partial charge in [0.15, 0.2) is 11.7 Å². The minimum absolute atomic E-state index is 0.00550. The molecular weight excluding hydrogens is 294 g/mol. The van der Waals surface area contributed by atoms with Crippen LogP contribution in [0.4, 0.5) is 0 Å². The number of hydrogen-bond donors (Lipinski definition) is 0. The van der Waals surface area contributed by atoms with Crippen LogP contribution in [0.3, 0.4) is 0 Å². The molecule has 0 radical (unpaired) electrons. The monoisotopic (exact) mass is 319 g/mol. The first-order chi connectivity index (χ1) is 10.5. The lowest BCUT2D eigenvalue weighted by molar-refractivity contribution is -0.124. The van der Waals surface area contributed by atoms with Crippen LogP contribution in [0.25, 0.3) is 0 Å². The average Bonchev–Trinajstić information content (AvgIpc) is 2.83. The molecule has 0 spiro atoms. The highest BCUT2D eigenvalue weighted by Crippen LogP contribution is 2.26. The number of carbonyl (C=O) groups is 1. The summed E-state index contributed by atoms with van der Waals surface area (Å²) in [4.78, 5) is 19.5. The highest BCUT2D eigenvalue weighted by Gasteiger charge is 2.31. The molecule has 1 saturated heterocycles. The van der Waals surface area contributed by atoms with Crippen LogP contribution in [0.5, 0.6) is 0 Å². The predicted octanol–water partition coefficient (Wildman–Crippen LogP) is 3.71. The maximum Gasteiger partial charge on any atom is 0.173 e. The highest BCUT2D eigenvalue weighted by atomic mass is 32.1. The Balaban J connectivity index is 2.11. The second-order valence-electron chi connectivity index (χ2n) is 6.36. The molecule has 1 aromatic heterocycles. The van der Waals surface area contributed by atoms with Crippen LogP contribution in [0, 0.1) is 11.3 Å². The Morgan fingerprint density at radius 3 is 2.41 bits per heavy atom. The van der Waals surface area contributed by atoms with Gasteiger partial charge >= 0.3 is 0 Å². The zero-order valence-electron chi connectivity index (χ0n) is 13.7. The molecule has 0 unspecified atom stereocenters. The lowest BCUT2D eigenvalue weighted by atomic mass is 9.99. The van der Waals surface area contributed by atoms with Crippen molar-refractivity contribution in [2.75, 3.05) is 13.1 Å². The fourth-order valence-electron chi connectivity index (χ4n) is 2.84. The van der Waals surface area contributed by atoms with Crippen molar-refractivity contribution in [2.24, 2.45) is 0 Å². The first kappa shape index (κ1) is 17.1. The molecule has 1 fully saturated rings. The lowest BCUT2D eigenvalue weighted by Gasteiger charge is -2.27. The standard InChI is InChI=1S/C17H25N3OS/c1-12(2)15-11-22-17(19-15)14(10-18)16(21)13(3)20-8-6-4-5-7-9-20/h11-14H,4-9H2,1-3H3/t13-,14-/m0/s1. The third-order valence-electron chi connectivity index (χ3n) is 4.39. The van der Waals surface area contributed by atoms with Crippen LogP contribution in [0.15, 0.2) is 5.38 Å². The van der Waals surface area contributed by atoms with Gasteiger partial charge < -0.3 is 0 Å². The summed E-state index contributed by atoms with van der Waals surface area (Å²) in [6.07, 6.45) is 4.76. The largest absolute Gasteiger partial charge is 0.296 e. The molecule has 0 bridgehead atoms. The Morgan fingerprint density at radius 2 is 1.91 bits per heavy atom. The van der Waals surface area contributed by atoms with Crippen molar-refractivity contribution in [1.29, 1.82) is 5.26 Å². The first-order valence-corrected chi connectivity index (χ1v) is 9.05. The predicted molar refractivity (Wildman–Crippen MR) is 89.1 cm³/mol. The molecule has 0 saturated carbocycles. The molecule has 4 nitrogen and oxygen atoms in total. The molecule has 120 valence electrons. The summed E-state index contributed by atoms with van der Waals surface area (Å²) in [7, 11) is 0. The van der Waals surface area contributed by atoms with Gasteiger partial charge in [0.1, 0.15) is 5.01 Å². The van der Waals surface area contributed by atoms with Gasteiger partial charge in [0.2, 0.25) is 0 Å². The number of ketones is 1. The number of nitriles is 1. The van der Waals surface area contributed by atoms with Crippen molar-refractivity contribution in [3.05, 3.63) is 16.1 Å². The van der Waals surface area contributed by atoms with Crippen LogP contribution in [0.1, 0.15) is 69.0 Å². The van der Waals surface area contributed by atoms with E-state index in [1.807, 2.05) is 12.3 Å². The third kappa shape index (κ3) is 3.93. The maximum absolute atomic E-state index is 12.8. The van der Waals surface area contributed by atoms with Crippen LogP contribution in [-0.2, 0) is 4.79 Å². The molecule has 1 aliphatic rings. The Hall–Kier alpha value is -1.25. The topological polar surface area (TPSA) is 57.0 Å². The van der Waals surface area contributed by atoms with Crippen LogP contribution >= 0.6 is 11.3 Å². The van der Waals surface area contributed by atoms with Crippen molar-refractivity contribution in [3.8, 4) is 6.07 Å². The van der Waals surface area contributed by atoms with E-state index in [-0.39, 0.29) is 11.8 Å². The second-order valence-corrected chi connectivity index (χ2v) is 7.25. The normalized spacial score (nSPS) is 19.4. The fourth-order valence-corrected chi connectivity index (χ4v) is 3.87. The lowest BCUT2D eigenvalue weighted by Crippen LogP contribution is -2.41. The van der Waals surface area contributed by atoms with Gasteiger partial charge in [0, 0.05) is 5.38 Å². The van der Waals surface area contributed by atoms with Gasteiger partial charge in [0.05, 0.1) is 17.8 Å². The second kappa shape index (κ2) is 7.85. The van der Waals surface area contributed by atoms with Crippen LogP contribution in [-0.4, -0.2) is 34.8 Å². The van der Waals surface area contributed by atoms with E-state index in [4.69, 9.17) is 0 Å². The van der Waals surface area contributed by atoms with E-state index in [2.05, 4.69) is 29.8 Å². The third-order valence-corrected chi connectivity index (χ3v) is 5.32. The molecule has 0 aromatic carbocycles. The molecule has 1 aromatic rings. The van der Waals surface area contributed by atoms with Crippen molar-refractivity contribution in [2.45, 2.75) is 64.3 Å². The maximum atomic E-state index is 12.8. The molecule has 22 heavy (non-hydrogen) atoms. The van der Waals surface area contributed by atoms with Crippen molar-refractivity contribution < 1.29 is 4.79 Å². The van der Waals surface area contributed by atoms with E-state index in [9.17, 15) is 10.1 Å². The number of aromatic nitrogens is 1. The minimum atomic E-state index is -0.726. The number of hydrogen-bond acceptors (Lipinski definition) is 5. The molecule has 0 aliphatic carbocycles. The van der Waals surface area contributed by atoms with E-state index in [0.29, 0.717) is 10.9 Å². The molecule has 0 amide bonds. The van der Waals surface area contributed by atoms with Gasteiger partial charge in [-0.25, -0.2) is 4.98 Å². The molecule has 2 heterocycles. The van der Waals surface area contributed by atoms with Gasteiger partial charge in [-0.3, -0.25) is 9.69 Å². The summed E-state index contributed by atoms with van der Waals surface area (Å²) in [5.41, 5.74) is 0.968. The van der Waals surface area contributed by atoms with E-state index in [1.165, 1.54) is 24.2 Å². The Labute approximate surface area is 137 Å². The van der Waals surface area contributed by atoms with Crippen molar-refractivity contribution >= 4 is 17.1 Å². The Kier molecular flexibility index (Phi) is 6.10. The molecular formula is C17H25N3OS. The summed E-state index contributed by atoms with van der Waals surface area (Å²) in [5.74, 6) is -0.410. The minimum Gasteiger partial charge on any atom is -0.296 e. The van der Waals surface area contributed by atoms with Gasteiger partial charge in [-0.15, -0.1) is 11.3 Å². The van der Waals surface area contributed by atoms with Gasteiger partial charge in [-0.05, 0) is 38.8 Å². The van der Waals surface area contributed by atoms with E-state index >= 15 is 0 Å². The Bertz CT molecular complexity index is 538. The first-order valence-electron chi connectivity index (χ1n) is 8.17. The molecule has 2 atom stereocenters. The van der Waals surface area contributed by atoms with E-state index in [0.717, 1.165) is 31.6 Å². The number of nitrogens with zero attached hydrogens (tertiary/aromatic N) is 3. The summed E-state index contributed by atoms with van der Waals surface area (Å²) in [5, 5.41) is 12.1. The number of thiazole rings is 1. The number of Topliss-reactive ketones (excluding diaryl/α,β-unsaturated/α-hetero) is 1. The van der Waals surface area contributed by atoms with Crippen molar-refractivity contribution in [3.63, 3.8) is 0 Å². The SMILES string of the molecule is CC(C)c1csc([C@@H](C#N)C(=O)[C@H](C)N2CCCCCC2)n1. The average molecular weight is 319 g/mol. The summed E-state index contributed by atoms with van der Waals surface area (Å²) < 4.78 is 0. The summed E-state index contributed by atoms with van der Waals surface area (Å²) >= 11 is 1.43. The van der Waals surface area contributed by atoms with Crippen LogP contribution in [0.2, 0.25) is 0 Å². The Morgan fingerprint density at radius 1 is 1.27 bits per heavy atom. The van der Waals surface area contributed by atoms with Crippen molar-refractivity contribution in [1.82, 2.24) is 9.88 Å². The van der Waals surface area contributed by atoms with Crippen LogP contribution < -0.4 is 0 Å². The summed E-state index contributed by atoms with van der Waals surface area (Å²) in [6.45, 7) is 8.00. The van der Waals surface area contributed by atoms with E-state index in [1.54, 1.807) is 0 Å². The summed E-state index contributed by atoms with van der Waals surface area (Å²) in [6, 6.07) is 1.98. The van der Waals surface area contributed by atoms with E-state index < -0.39 is 5.92 Å². The highest BCUT2D eigenvalue weighted by molar-refractivity contribution is 7.10. The molecule has 1 aliphatic heterocycles. The molecule has 0 N–H and O–H groups in total. The number of rotatable bonds is 5.